The second-order valence-corrected chi connectivity index (χ2v) is 4.69. The Morgan fingerprint density at radius 1 is 1.26 bits per heavy atom. The Morgan fingerprint density at radius 3 is 2.68 bits per heavy atom. The van der Waals surface area contributed by atoms with Crippen LogP contribution in [0.1, 0.15) is 18.2 Å². The molecule has 1 unspecified atom stereocenters. The van der Waals surface area contributed by atoms with Gasteiger partial charge in [0.2, 0.25) is 0 Å². The maximum absolute atomic E-state index is 11.5. The molecule has 2 aromatic rings. The summed E-state index contributed by atoms with van der Waals surface area (Å²) in [6.07, 6.45) is 0.300. The van der Waals surface area contributed by atoms with E-state index in [-0.39, 0.29) is 12.0 Å². The van der Waals surface area contributed by atoms with Crippen molar-refractivity contribution in [2.45, 2.75) is 12.5 Å². The smallest absolute Gasteiger partial charge is 0.307 e. The fourth-order valence-electron chi connectivity index (χ4n) is 2.06. The van der Waals surface area contributed by atoms with Gasteiger partial charge >= 0.3 is 5.97 Å². The van der Waals surface area contributed by atoms with Crippen molar-refractivity contribution in [2.24, 2.45) is 0 Å². The summed E-state index contributed by atoms with van der Waals surface area (Å²) in [5.41, 5.74) is 1.82. The van der Waals surface area contributed by atoms with E-state index >= 15 is 0 Å². The van der Waals surface area contributed by atoms with Crippen LogP contribution in [0.15, 0.2) is 36.4 Å². The molecule has 0 saturated heterocycles. The summed E-state index contributed by atoms with van der Waals surface area (Å²) >= 11 is 0. The van der Waals surface area contributed by atoms with Gasteiger partial charge in [0.25, 0.3) is 0 Å². The highest BCUT2D eigenvalue weighted by Gasteiger charge is 2.20. The van der Waals surface area contributed by atoms with Gasteiger partial charge in [-0.1, -0.05) is 24.3 Å². The number of nitrogens with zero attached hydrogens (tertiary/aromatic N) is 2. The molecule has 0 amide bonds. The van der Waals surface area contributed by atoms with E-state index in [1.54, 1.807) is 0 Å². The van der Waals surface area contributed by atoms with Gasteiger partial charge in [0.05, 0.1) is 30.8 Å². The maximum Gasteiger partial charge on any atom is 0.307 e. The first-order valence-corrected chi connectivity index (χ1v) is 6.20. The number of pyridine rings is 1. The van der Waals surface area contributed by atoms with E-state index in [0.717, 1.165) is 16.6 Å². The first kappa shape index (κ1) is 13.5. The number of carbonyl (C=O) groups excluding carboxylic acids is 1. The second-order valence-electron chi connectivity index (χ2n) is 4.69. The van der Waals surface area contributed by atoms with Crippen molar-refractivity contribution in [3.05, 3.63) is 42.1 Å². The van der Waals surface area contributed by atoms with Gasteiger partial charge < -0.3 is 9.64 Å². The average Bonchev–Trinajstić information content (AvgIpc) is 2.43. The highest BCUT2D eigenvalue weighted by atomic mass is 16.5. The highest BCUT2D eigenvalue weighted by molar-refractivity contribution is 5.78. The molecule has 0 spiro atoms. The third-order valence-electron chi connectivity index (χ3n) is 3.17. The van der Waals surface area contributed by atoms with Crippen molar-refractivity contribution in [1.29, 1.82) is 0 Å². The normalized spacial score (nSPS) is 12.6. The van der Waals surface area contributed by atoms with Gasteiger partial charge in [-0.05, 0) is 26.2 Å². The molecular formula is C15H18N2O2. The second kappa shape index (κ2) is 5.80. The van der Waals surface area contributed by atoms with E-state index in [9.17, 15) is 4.79 Å². The van der Waals surface area contributed by atoms with Gasteiger partial charge in [-0.15, -0.1) is 0 Å². The fourth-order valence-corrected chi connectivity index (χ4v) is 2.06. The first-order valence-electron chi connectivity index (χ1n) is 6.20. The van der Waals surface area contributed by atoms with Gasteiger partial charge in [0.15, 0.2) is 0 Å². The molecule has 0 aliphatic heterocycles. The lowest BCUT2D eigenvalue weighted by molar-refractivity contribution is -0.142. The molecule has 100 valence electrons. The van der Waals surface area contributed by atoms with E-state index in [4.69, 9.17) is 4.74 Å². The number of hydrogen-bond donors (Lipinski definition) is 0. The lowest BCUT2D eigenvalue weighted by Gasteiger charge is -2.23. The molecule has 1 aromatic heterocycles. The third-order valence-corrected chi connectivity index (χ3v) is 3.17. The quantitative estimate of drug-likeness (QED) is 0.790. The molecule has 4 nitrogen and oxygen atoms in total. The van der Waals surface area contributed by atoms with Crippen LogP contribution < -0.4 is 0 Å². The first-order chi connectivity index (χ1) is 9.11. The molecule has 0 bridgehead atoms. The van der Waals surface area contributed by atoms with Gasteiger partial charge in [0, 0.05) is 5.39 Å². The summed E-state index contributed by atoms with van der Waals surface area (Å²) in [5, 5.41) is 1.10. The lowest BCUT2D eigenvalue weighted by atomic mass is 10.1. The third kappa shape index (κ3) is 3.09. The molecule has 0 aliphatic carbocycles. The molecule has 0 aliphatic rings. The Morgan fingerprint density at radius 2 is 2.00 bits per heavy atom. The maximum atomic E-state index is 11.5. The fraction of sp³-hybridized carbons (Fsp3) is 0.333. The van der Waals surface area contributed by atoms with Crippen molar-refractivity contribution in [1.82, 2.24) is 9.88 Å². The van der Waals surface area contributed by atoms with Crippen molar-refractivity contribution in [3.63, 3.8) is 0 Å². The van der Waals surface area contributed by atoms with Gasteiger partial charge in [-0.25, -0.2) is 0 Å². The molecule has 19 heavy (non-hydrogen) atoms. The average molecular weight is 258 g/mol. The minimum Gasteiger partial charge on any atom is -0.469 e. The Labute approximate surface area is 113 Å². The van der Waals surface area contributed by atoms with Crippen LogP contribution in [0.3, 0.4) is 0 Å². The van der Waals surface area contributed by atoms with Crippen LogP contribution in [0.4, 0.5) is 0 Å². The Kier molecular flexibility index (Phi) is 4.12. The zero-order chi connectivity index (χ0) is 13.8. The molecule has 0 saturated carbocycles. The number of methoxy groups -OCH3 is 1. The summed E-state index contributed by atoms with van der Waals surface area (Å²) in [4.78, 5) is 18.1. The standard InChI is InChI=1S/C15H18N2O2/c1-17(2)14(10-15(18)19-3)13-9-8-11-6-4-5-7-12(11)16-13/h4-9,14H,10H2,1-3H3. The molecule has 0 radical (unpaired) electrons. The zero-order valence-corrected chi connectivity index (χ0v) is 11.5. The van der Waals surface area contributed by atoms with E-state index in [1.807, 2.05) is 55.4 Å². The van der Waals surface area contributed by atoms with Crippen molar-refractivity contribution in [3.8, 4) is 0 Å². The molecule has 0 fully saturated rings. The molecule has 1 heterocycles. The number of hydrogen-bond acceptors (Lipinski definition) is 4. The largest absolute Gasteiger partial charge is 0.469 e. The predicted molar refractivity (Wildman–Crippen MR) is 74.8 cm³/mol. The van der Waals surface area contributed by atoms with Gasteiger partial charge in [0.1, 0.15) is 0 Å². The Bertz CT molecular complexity index is 581. The number of aromatic nitrogens is 1. The van der Waals surface area contributed by atoms with Crippen molar-refractivity contribution >= 4 is 16.9 Å². The van der Waals surface area contributed by atoms with Crippen LogP contribution in [-0.4, -0.2) is 37.1 Å². The van der Waals surface area contributed by atoms with Gasteiger partial charge in [-0.2, -0.15) is 0 Å². The molecule has 1 aromatic carbocycles. The number of carbonyl (C=O) groups is 1. The van der Waals surface area contributed by atoms with Crippen LogP contribution in [0.2, 0.25) is 0 Å². The van der Waals surface area contributed by atoms with Gasteiger partial charge in [-0.3, -0.25) is 9.78 Å². The number of para-hydroxylation sites is 1. The topological polar surface area (TPSA) is 42.4 Å². The number of esters is 1. The molecule has 1 atom stereocenters. The van der Waals surface area contributed by atoms with Crippen LogP contribution >= 0.6 is 0 Å². The molecule has 4 heteroatoms. The van der Waals surface area contributed by atoms with Crippen molar-refractivity contribution < 1.29 is 9.53 Å². The summed E-state index contributed by atoms with van der Waals surface area (Å²) in [6.45, 7) is 0. The monoisotopic (exact) mass is 258 g/mol. The predicted octanol–water partition coefficient (Wildman–Crippen LogP) is 2.40. The molecular weight excluding hydrogens is 240 g/mol. The number of rotatable bonds is 4. The summed E-state index contributed by atoms with van der Waals surface area (Å²) in [7, 11) is 5.28. The summed E-state index contributed by atoms with van der Waals surface area (Å²) in [5.74, 6) is -0.228. The summed E-state index contributed by atoms with van der Waals surface area (Å²) in [6, 6.07) is 11.9. The Balaban J connectivity index is 2.36. The van der Waals surface area contributed by atoms with E-state index < -0.39 is 0 Å². The highest BCUT2D eigenvalue weighted by Crippen LogP contribution is 2.23. The van der Waals surface area contributed by atoms with Crippen LogP contribution in [0, 0.1) is 0 Å². The minimum atomic E-state index is -0.228. The summed E-state index contributed by atoms with van der Waals surface area (Å²) < 4.78 is 4.75. The van der Waals surface area contributed by atoms with E-state index in [2.05, 4.69) is 4.98 Å². The lowest BCUT2D eigenvalue weighted by Crippen LogP contribution is -2.24. The minimum absolute atomic E-state index is 0.0722. The number of ether oxygens (including phenoxy) is 1. The van der Waals surface area contributed by atoms with Crippen LogP contribution in [0.25, 0.3) is 10.9 Å². The Hall–Kier alpha value is -1.94. The van der Waals surface area contributed by atoms with Crippen LogP contribution in [0.5, 0.6) is 0 Å². The number of benzene rings is 1. The SMILES string of the molecule is COC(=O)CC(c1ccc2ccccc2n1)N(C)C. The molecule has 2 rings (SSSR count). The molecule has 0 N–H and O–H groups in total. The van der Waals surface area contributed by atoms with E-state index in [0.29, 0.717) is 6.42 Å². The van der Waals surface area contributed by atoms with Crippen molar-refractivity contribution in [2.75, 3.05) is 21.2 Å². The van der Waals surface area contributed by atoms with E-state index in [1.165, 1.54) is 7.11 Å². The van der Waals surface area contributed by atoms with Crippen LogP contribution in [-0.2, 0) is 9.53 Å². The zero-order valence-electron chi connectivity index (χ0n) is 11.5. The number of fused-ring (bicyclic) bond motifs is 1.